The van der Waals surface area contributed by atoms with Crippen LogP contribution in [0.2, 0.25) is 0 Å². The number of primary amides is 1. The molecule has 0 aliphatic heterocycles. The van der Waals surface area contributed by atoms with Crippen molar-refractivity contribution in [2.24, 2.45) is 5.73 Å². The van der Waals surface area contributed by atoms with Gasteiger partial charge in [0.25, 0.3) is 10.1 Å². The maximum Gasteiger partial charge on any atom is 0.294 e. The summed E-state index contributed by atoms with van der Waals surface area (Å²) >= 11 is 0. The molecule has 13 heavy (non-hydrogen) atoms. The predicted molar refractivity (Wildman–Crippen MR) is 49.3 cm³/mol. The van der Waals surface area contributed by atoms with Gasteiger partial charge >= 0.3 is 0 Å². The lowest BCUT2D eigenvalue weighted by atomic mass is 10.3. The Morgan fingerprint density at radius 2 is 1.92 bits per heavy atom. The molecule has 0 spiro atoms. The summed E-state index contributed by atoms with van der Waals surface area (Å²) in [6, 6.07) is 0. The van der Waals surface area contributed by atoms with E-state index in [2.05, 4.69) is 13.2 Å². The van der Waals surface area contributed by atoms with Crippen LogP contribution in [-0.2, 0) is 14.9 Å². The highest BCUT2D eigenvalue weighted by Crippen LogP contribution is 1.78. The molecule has 0 saturated heterocycles. The Morgan fingerprint density at radius 3 is 1.92 bits per heavy atom. The summed E-state index contributed by atoms with van der Waals surface area (Å²) in [6.45, 7) is 7.78. The Bertz CT molecular complexity index is 324. The third-order valence-corrected chi connectivity index (χ3v) is 1.12. The van der Waals surface area contributed by atoms with Gasteiger partial charge in [0.2, 0.25) is 5.91 Å². The number of amides is 1. The smallest absolute Gasteiger partial charge is 0.294 e. The predicted octanol–water partition coefficient (Wildman–Crippen LogP) is 0.221. The number of rotatable bonds is 2. The van der Waals surface area contributed by atoms with Crippen LogP contribution in [0.3, 0.4) is 0 Å². The second kappa shape index (κ2) is 6.19. The number of hydrogen-bond acceptors (Lipinski definition) is 3. The Kier molecular flexibility index (Phi) is 6.75. The minimum Gasteiger partial charge on any atom is -0.366 e. The third-order valence-electron chi connectivity index (χ3n) is 0.653. The fourth-order valence-corrected chi connectivity index (χ4v) is 0.316. The number of carbonyl (C=O) groups is 1. The largest absolute Gasteiger partial charge is 0.366 e. The van der Waals surface area contributed by atoms with Gasteiger partial charge < -0.3 is 5.73 Å². The van der Waals surface area contributed by atoms with E-state index in [-0.39, 0.29) is 0 Å². The van der Waals surface area contributed by atoms with Gasteiger partial charge in [0.1, 0.15) is 0 Å². The van der Waals surface area contributed by atoms with Crippen molar-refractivity contribution in [3.8, 4) is 0 Å². The van der Waals surface area contributed by atoms with Crippen LogP contribution in [0.4, 0.5) is 0 Å². The van der Waals surface area contributed by atoms with E-state index in [0.717, 1.165) is 0 Å². The molecule has 0 aromatic carbocycles. The first kappa shape index (κ1) is 14.2. The van der Waals surface area contributed by atoms with Gasteiger partial charge in [-0.2, -0.15) is 8.42 Å². The van der Waals surface area contributed by atoms with Crippen LogP contribution in [0.1, 0.15) is 6.92 Å². The summed E-state index contributed by atoms with van der Waals surface area (Å²) in [7, 11) is -3.97. The standard InChI is InChI=1S/C4H7NO.C3H4O3S/c1-3(2)4(5)6;1-2-3-7(4,5)6/h1H2,2H3,(H2,5,6);3H,1H2,(H,4,5,6). The molecule has 6 heteroatoms. The summed E-state index contributed by atoms with van der Waals surface area (Å²) in [5.41, 5.74) is 6.99. The van der Waals surface area contributed by atoms with Crippen molar-refractivity contribution < 1.29 is 17.8 Å². The minimum absolute atomic E-state index is 0.398. The molecule has 0 radical (unpaired) electrons. The van der Waals surface area contributed by atoms with Crippen molar-refractivity contribution in [2.45, 2.75) is 6.92 Å². The first-order valence-corrected chi connectivity index (χ1v) is 4.49. The second-order valence-electron chi connectivity index (χ2n) is 1.98. The second-order valence-corrected chi connectivity index (χ2v) is 3.25. The molecule has 0 aromatic rings. The van der Waals surface area contributed by atoms with Crippen molar-refractivity contribution >= 4 is 16.0 Å². The molecule has 0 aliphatic carbocycles. The van der Waals surface area contributed by atoms with E-state index in [4.69, 9.17) is 10.3 Å². The van der Waals surface area contributed by atoms with Gasteiger partial charge in [-0.05, 0) is 6.92 Å². The van der Waals surface area contributed by atoms with E-state index in [1.165, 1.54) is 0 Å². The van der Waals surface area contributed by atoms with Crippen molar-refractivity contribution in [1.29, 1.82) is 0 Å². The molecule has 0 fully saturated rings. The average Bonchev–Trinajstić information content (AvgIpc) is 1.85. The average molecular weight is 205 g/mol. The number of nitrogens with two attached hydrogens (primary N) is 1. The normalized spacial score (nSPS) is 8.77. The van der Waals surface area contributed by atoms with Gasteiger partial charge in [-0.15, -0.1) is 5.73 Å². The minimum atomic E-state index is -3.97. The molecule has 0 rings (SSSR count). The molecule has 0 bridgehead atoms. The van der Waals surface area contributed by atoms with Crippen LogP contribution >= 0.6 is 0 Å². The van der Waals surface area contributed by atoms with Gasteiger partial charge in [-0.3, -0.25) is 9.35 Å². The number of carbonyl (C=O) groups excluding carboxylic acids is 1. The van der Waals surface area contributed by atoms with Gasteiger partial charge in [0, 0.05) is 5.57 Å². The van der Waals surface area contributed by atoms with E-state index < -0.39 is 16.0 Å². The highest BCUT2D eigenvalue weighted by molar-refractivity contribution is 7.88. The summed E-state index contributed by atoms with van der Waals surface area (Å²) in [5.74, 6) is -0.435. The quantitative estimate of drug-likeness (QED) is 0.383. The molecule has 0 unspecified atom stereocenters. The molecular weight excluding hydrogens is 194 g/mol. The summed E-state index contributed by atoms with van der Waals surface area (Å²) in [6.07, 6.45) is 0. The Morgan fingerprint density at radius 1 is 1.62 bits per heavy atom. The molecule has 0 saturated carbocycles. The zero-order valence-corrected chi connectivity index (χ0v) is 7.97. The molecule has 0 atom stereocenters. The maximum atomic E-state index is 9.82. The topological polar surface area (TPSA) is 97.5 Å². The number of hydrogen-bond donors (Lipinski definition) is 2. The highest BCUT2D eigenvalue weighted by atomic mass is 32.2. The molecule has 3 N–H and O–H groups in total. The van der Waals surface area contributed by atoms with E-state index in [0.29, 0.717) is 11.0 Å². The molecule has 0 aliphatic rings. The summed E-state index contributed by atoms with van der Waals surface area (Å²) in [5, 5.41) is 0.479. The van der Waals surface area contributed by atoms with Crippen molar-refractivity contribution in [3.05, 3.63) is 29.9 Å². The lowest BCUT2D eigenvalue weighted by Crippen LogP contribution is -2.10. The van der Waals surface area contributed by atoms with Crippen LogP contribution in [0.5, 0.6) is 0 Å². The molecule has 1 amide bonds. The first-order chi connectivity index (χ1) is 5.70. The van der Waals surface area contributed by atoms with E-state index in [9.17, 15) is 13.2 Å². The molecule has 74 valence electrons. The lowest BCUT2D eigenvalue weighted by Gasteiger charge is -1.81. The Balaban J connectivity index is 0. The van der Waals surface area contributed by atoms with Crippen LogP contribution in [0.25, 0.3) is 0 Å². The highest BCUT2D eigenvalue weighted by Gasteiger charge is 1.90. The van der Waals surface area contributed by atoms with Crippen molar-refractivity contribution in [3.63, 3.8) is 0 Å². The van der Waals surface area contributed by atoms with Crippen LogP contribution in [-0.4, -0.2) is 18.9 Å². The lowest BCUT2D eigenvalue weighted by molar-refractivity contribution is -0.114. The zero-order chi connectivity index (χ0) is 11.1. The van der Waals surface area contributed by atoms with E-state index in [1.54, 1.807) is 6.92 Å². The molecule has 5 nitrogen and oxygen atoms in total. The van der Waals surface area contributed by atoms with Gasteiger partial charge in [0.15, 0.2) is 0 Å². The molecule has 0 aromatic heterocycles. The van der Waals surface area contributed by atoms with E-state index >= 15 is 0 Å². The zero-order valence-electron chi connectivity index (χ0n) is 7.15. The first-order valence-electron chi connectivity index (χ1n) is 2.99. The Labute approximate surface area is 77.0 Å². The molecule has 0 heterocycles. The van der Waals surface area contributed by atoms with Crippen molar-refractivity contribution in [2.75, 3.05) is 0 Å². The summed E-state index contributed by atoms with van der Waals surface area (Å²) in [4.78, 5) is 9.82. The monoisotopic (exact) mass is 205 g/mol. The van der Waals surface area contributed by atoms with Crippen molar-refractivity contribution in [1.82, 2.24) is 0 Å². The fourth-order valence-electron chi connectivity index (χ4n) is 0.105. The third kappa shape index (κ3) is 18.0. The van der Waals surface area contributed by atoms with Crippen LogP contribution in [0.15, 0.2) is 29.9 Å². The van der Waals surface area contributed by atoms with Crippen LogP contribution < -0.4 is 5.73 Å². The van der Waals surface area contributed by atoms with E-state index in [1.807, 2.05) is 5.73 Å². The maximum absolute atomic E-state index is 9.82. The van der Waals surface area contributed by atoms with Crippen LogP contribution in [0, 0.1) is 0 Å². The fraction of sp³-hybridized carbons (Fsp3) is 0.143. The van der Waals surface area contributed by atoms with Gasteiger partial charge in [0.05, 0.1) is 5.41 Å². The SMILES string of the molecule is C=C(C)C(N)=O.C=C=CS(=O)(=O)O. The van der Waals surface area contributed by atoms with Gasteiger partial charge in [-0.25, -0.2) is 0 Å². The Hall–Kier alpha value is -1.36. The summed E-state index contributed by atoms with van der Waals surface area (Å²) < 4.78 is 27.1. The van der Waals surface area contributed by atoms with Gasteiger partial charge in [-0.1, -0.05) is 13.2 Å². The molecular formula is C7H11NO4S.